The van der Waals surface area contributed by atoms with Gasteiger partial charge in [-0.1, -0.05) is 23.2 Å². The Bertz CT molecular complexity index is 763. The highest BCUT2D eigenvalue weighted by Crippen LogP contribution is 2.25. The standard InChI is InChI=1S/C16H10Cl2N2O3/c17-11-7-12(18)9-14(8-11)23-16(22)10-1-3-13(4-2-10)20-15(21)5-6-19/h1-4,7-9H,5H2,(H,20,21). The maximum atomic E-state index is 12.0. The number of halogens is 2. The summed E-state index contributed by atoms with van der Waals surface area (Å²) in [6.45, 7) is 0. The molecular weight excluding hydrogens is 339 g/mol. The van der Waals surface area contributed by atoms with Crippen molar-refractivity contribution in [1.29, 1.82) is 5.26 Å². The molecule has 5 nitrogen and oxygen atoms in total. The highest BCUT2D eigenvalue weighted by molar-refractivity contribution is 6.34. The van der Waals surface area contributed by atoms with Crippen LogP contribution in [-0.4, -0.2) is 11.9 Å². The van der Waals surface area contributed by atoms with E-state index in [4.69, 9.17) is 33.2 Å². The molecule has 0 aromatic heterocycles. The van der Waals surface area contributed by atoms with Crippen molar-refractivity contribution in [2.75, 3.05) is 5.32 Å². The predicted molar refractivity (Wildman–Crippen MR) is 86.7 cm³/mol. The van der Waals surface area contributed by atoms with E-state index in [1.165, 1.54) is 42.5 Å². The Hall–Kier alpha value is -2.55. The molecule has 2 rings (SSSR count). The maximum absolute atomic E-state index is 12.0. The summed E-state index contributed by atoms with van der Waals surface area (Å²) in [6.07, 6.45) is -0.237. The summed E-state index contributed by atoms with van der Waals surface area (Å²) >= 11 is 11.7. The van der Waals surface area contributed by atoms with Crippen LogP contribution >= 0.6 is 23.2 Å². The molecule has 0 saturated carbocycles. The maximum Gasteiger partial charge on any atom is 0.343 e. The highest BCUT2D eigenvalue weighted by atomic mass is 35.5. The van der Waals surface area contributed by atoms with E-state index >= 15 is 0 Å². The molecule has 0 bridgehead atoms. The van der Waals surface area contributed by atoms with Crippen molar-refractivity contribution in [1.82, 2.24) is 0 Å². The quantitative estimate of drug-likeness (QED) is 0.667. The lowest BCUT2D eigenvalue weighted by molar-refractivity contribution is -0.115. The third-order valence-electron chi connectivity index (χ3n) is 2.69. The molecule has 1 amide bonds. The van der Waals surface area contributed by atoms with E-state index in [1.807, 2.05) is 0 Å². The molecule has 0 heterocycles. The first kappa shape index (κ1) is 16.8. The molecule has 0 radical (unpaired) electrons. The van der Waals surface area contributed by atoms with Gasteiger partial charge in [-0.15, -0.1) is 0 Å². The summed E-state index contributed by atoms with van der Waals surface area (Å²) in [5.74, 6) is -0.770. The number of amides is 1. The van der Waals surface area contributed by atoms with Gasteiger partial charge < -0.3 is 10.1 Å². The fourth-order valence-electron chi connectivity index (χ4n) is 1.72. The van der Waals surface area contributed by atoms with Gasteiger partial charge in [0.1, 0.15) is 12.2 Å². The monoisotopic (exact) mass is 348 g/mol. The van der Waals surface area contributed by atoms with Gasteiger partial charge in [0.15, 0.2) is 0 Å². The summed E-state index contributed by atoms with van der Waals surface area (Å²) in [6, 6.07) is 12.3. The summed E-state index contributed by atoms with van der Waals surface area (Å²) < 4.78 is 5.18. The third kappa shape index (κ3) is 4.99. The molecule has 1 N–H and O–H groups in total. The van der Waals surface area contributed by atoms with Crippen molar-refractivity contribution in [2.45, 2.75) is 6.42 Å². The van der Waals surface area contributed by atoms with Crippen LogP contribution in [0.4, 0.5) is 5.69 Å². The number of esters is 1. The van der Waals surface area contributed by atoms with Gasteiger partial charge in [-0.3, -0.25) is 4.79 Å². The Morgan fingerprint density at radius 2 is 1.70 bits per heavy atom. The number of carbonyl (C=O) groups is 2. The van der Waals surface area contributed by atoms with Crippen LogP contribution in [0.25, 0.3) is 0 Å². The van der Waals surface area contributed by atoms with E-state index in [0.717, 1.165) is 0 Å². The molecule has 0 aliphatic heterocycles. The molecule has 0 unspecified atom stereocenters. The van der Waals surface area contributed by atoms with Gasteiger partial charge >= 0.3 is 5.97 Å². The minimum atomic E-state index is -0.585. The number of benzene rings is 2. The smallest absolute Gasteiger partial charge is 0.343 e. The van der Waals surface area contributed by atoms with E-state index in [-0.39, 0.29) is 12.2 Å². The van der Waals surface area contributed by atoms with Crippen molar-refractivity contribution >= 4 is 40.8 Å². The molecule has 0 atom stereocenters. The van der Waals surface area contributed by atoms with Crippen molar-refractivity contribution < 1.29 is 14.3 Å². The number of rotatable bonds is 4. The Labute approximate surface area is 142 Å². The second kappa shape index (κ2) is 7.63. The second-order valence-corrected chi connectivity index (χ2v) is 5.33. The number of hydrogen-bond acceptors (Lipinski definition) is 4. The SMILES string of the molecule is N#CCC(=O)Nc1ccc(C(=O)Oc2cc(Cl)cc(Cl)c2)cc1. The zero-order valence-electron chi connectivity index (χ0n) is 11.7. The van der Waals surface area contributed by atoms with Crippen LogP contribution in [0.2, 0.25) is 10.0 Å². The first-order valence-electron chi connectivity index (χ1n) is 6.43. The summed E-state index contributed by atoms with van der Waals surface area (Å²) in [7, 11) is 0. The van der Waals surface area contributed by atoms with Crippen LogP contribution in [-0.2, 0) is 4.79 Å². The van der Waals surface area contributed by atoms with E-state index in [9.17, 15) is 9.59 Å². The molecule has 116 valence electrons. The number of carbonyl (C=O) groups excluding carboxylic acids is 2. The van der Waals surface area contributed by atoms with Gasteiger partial charge in [-0.2, -0.15) is 5.26 Å². The highest BCUT2D eigenvalue weighted by Gasteiger charge is 2.10. The van der Waals surface area contributed by atoms with Crippen LogP contribution < -0.4 is 10.1 Å². The van der Waals surface area contributed by atoms with Crippen LogP contribution in [0.5, 0.6) is 5.75 Å². The van der Waals surface area contributed by atoms with E-state index < -0.39 is 11.9 Å². The topological polar surface area (TPSA) is 79.2 Å². The zero-order valence-corrected chi connectivity index (χ0v) is 13.2. The van der Waals surface area contributed by atoms with Crippen molar-refractivity contribution in [3.05, 3.63) is 58.1 Å². The lowest BCUT2D eigenvalue weighted by atomic mass is 10.2. The number of nitriles is 1. The van der Waals surface area contributed by atoms with Crippen LogP contribution in [0, 0.1) is 11.3 Å². The molecule has 2 aromatic rings. The van der Waals surface area contributed by atoms with E-state index in [2.05, 4.69) is 5.32 Å². The first-order chi connectivity index (χ1) is 11.0. The zero-order chi connectivity index (χ0) is 16.8. The van der Waals surface area contributed by atoms with Gasteiger partial charge in [0.2, 0.25) is 5.91 Å². The Morgan fingerprint density at radius 3 is 2.26 bits per heavy atom. The molecule has 0 fully saturated rings. The summed E-state index contributed by atoms with van der Waals surface area (Å²) in [4.78, 5) is 23.3. The molecule has 0 aliphatic carbocycles. The largest absolute Gasteiger partial charge is 0.423 e. The molecule has 0 aliphatic rings. The molecule has 0 spiro atoms. The fraction of sp³-hybridized carbons (Fsp3) is 0.0625. The minimum absolute atomic E-state index is 0.235. The Kier molecular flexibility index (Phi) is 5.58. The Morgan fingerprint density at radius 1 is 1.09 bits per heavy atom. The number of anilines is 1. The van der Waals surface area contributed by atoms with Gasteiger partial charge in [0, 0.05) is 15.7 Å². The lowest BCUT2D eigenvalue weighted by Gasteiger charge is -2.07. The average molecular weight is 349 g/mol. The van der Waals surface area contributed by atoms with E-state index in [1.54, 1.807) is 6.07 Å². The summed E-state index contributed by atoms with van der Waals surface area (Å²) in [5.41, 5.74) is 0.770. The number of nitrogens with zero attached hydrogens (tertiary/aromatic N) is 1. The van der Waals surface area contributed by atoms with Gasteiger partial charge in [0.25, 0.3) is 0 Å². The van der Waals surface area contributed by atoms with Crippen LogP contribution in [0.15, 0.2) is 42.5 Å². The second-order valence-electron chi connectivity index (χ2n) is 4.46. The van der Waals surface area contributed by atoms with Crippen LogP contribution in [0.1, 0.15) is 16.8 Å². The number of hydrogen-bond donors (Lipinski definition) is 1. The van der Waals surface area contributed by atoms with Crippen LogP contribution in [0.3, 0.4) is 0 Å². The van der Waals surface area contributed by atoms with E-state index in [0.29, 0.717) is 21.3 Å². The van der Waals surface area contributed by atoms with Crippen molar-refractivity contribution in [3.63, 3.8) is 0 Å². The molecule has 0 saturated heterocycles. The lowest BCUT2D eigenvalue weighted by Crippen LogP contribution is -2.11. The average Bonchev–Trinajstić information content (AvgIpc) is 2.47. The van der Waals surface area contributed by atoms with Crippen molar-refractivity contribution in [2.24, 2.45) is 0 Å². The van der Waals surface area contributed by atoms with Gasteiger partial charge in [0.05, 0.1) is 11.6 Å². The fourth-order valence-corrected chi connectivity index (χ4v) is 2.23. The number of nitrogens with one attached hydrogen (secondary N) is 1. The minimum Gasteiger partial charge on any atom is -0.423 e. The molecular formula is C16H10Cl2N2O3. The molecule has 7 heteroatoms. The number of ether oxygens (including phenoxy) is 1. The van der Waals surface area contributed by atoms with Gasteiger partial charge in [-0.05, 0) is 42.5 Å². The predicted octanol–water partition coefficient (Wildman–Crippen LogP) is 4.06. The third-order valence-corrected chi connectivity index (χ3v) is 3.13. The van der Waals surface area contributed by atoms with Gasteiger partial charge in [-0.25, -0.2) is 4.79 Å². The summed E-state index contributed by atoms with van der Waals surface area (Å²) in [5, 5.41) is 11.7. The molecule has 2 aromatic carbocycles. The Balaban J connectivity index is 2.05. The van der Waals surface area contributed by atoms with Crippen molar-refractivity contribution in [3.8, 4) is 11.8 Å². The normalized spacial score (nSPS) is 9.78. The first-order valence-corrected chi connectivity index (χ1v) is 7.18. The molecule has 23 heavy (non-hydrogen) atoms.